The number of benzene rings is 1. The van der Waals surface area contributed by atoms with Gasteiger partial charge < -0.3 is 14.6 Å². The summed E-state index contributed by atoms with van der Waals surface area (Å²) in [5.74, 6) is -2.86. The minimum Gasteiger partial charge on any atom is -0.484 e. The van der Waals surface area contributed by atoms with Crippen LogP contribution in [0.2, 0.25) is 0 Å². The fourth-order valence-electron chi connectivity index (χ4n) is 1.41. The van der Waals surface area contributed by atoms with Crippen molar-refractivity contribution in [2.24, 2.45) is 0 Å². The van der Waals surface area contributed by atoms with Crippen LogP contribution in [-0.4, -0.2) is 42.1 Å². The number of nitrogens with one attached hydrogen (secondary N) is 2. The smallest absolute Gasteiger partial charge is 0.338 e. The Morgan fingerprint density at radius 2 is 1.75 bits per heavy atom. The van der Waals surface area contributed by atoms with E-state index in [1.807, 2.05) is 10.9 Å². The number of hydrogen-bond donors (Lipinski definition) is 3. The highest BCUT2D eigenvalue weighted by Gasteiger charge is 2.07. The van der Waals surface area contributed by atoms with Crippen LogP contribution in [-0.2, 0) is 19.1 Å². The van der Waals surface area contributed by atoms with Crippen LogP contribution in [0.1, 0.15) is 17.3 Å². The lowest BCUT2D eigenvalue weighted by Gasteiger charge is -2.08. The summed E-state index contributed by atoms with van der Waals surface area (Å²) in [6, 6.07) is 5.97. The van der Waals surface area contributed by atoms with E-state index in [1.165, 1.54) is 24.3 Å². The molecule has 3 N–H and O–H groups in total. The van der Waals surface area contributed by atoms with Crippen LogP contribution in [0.25, 0.3) is 0 Å². The van der Waals surface area contributed by atoms with Crippen molar-refractivity contribution >= 4 is 23.8 Å². The molecule has 0 aliphatic carbocycles. The summed E-state index contributed by atoms with van der Waals surface area (Å²) in [5.41, 5.74) is 4.38. The van der Waals surface area contributed by atoms with Gasteiger partial charge in [0.25, 0.3) is 11.8 Å². The number of carbonyl (C=O) groups is 4. The third kappa shape index (κ3) is 7.07. The Morgan fingerprint density at radius 1 is 1.08 bits per heavy atom. The Hall–Kier alpha value is -3.36. The van der Waals surface area contributed by atoms with E-state index in [9.17, 15) is 19.2 Å². The molecule has 0 bridgehead atoms. The zero-order chi connectivity index (χ0) is 17.9. The van der Waals surface area contributed by atoms with Crippen molar-refractivity contribution in [2.75, 3.05) is 13.2 Å². The van der Waals surface area contributed by atoms with Crippen molar-refractivity contribution in [1.82, 2.24) is 10.9 Å². The van der Waals surface area contributed by atoms with Gasteiger partial charge in [-0.05, 0) is 31.2 Å². The number of aliphatic carboxylic acids is 1. The van der Waals surface area contributed by atoms with E-state index in [1.54, 1.807) is 6.92 Å². The number of hydrogen-bond acceptors (Lipinski definition) is 6. The molecule has 0 spiro atoms. The number of rotatable bonds is 7. The molecule has 24 heavy (non-hydrogen) atoms. The molecule has 0 saturated carbocycles. The monoisotopic (exact) mass is 336 g/mol. The standard InChI is InChI=1S/C15H16N2O7/c1-2-23-15(22)10-3-5-11(6-4-10)24-9-13(19)17-16-12(18)7-8-14(20)21/h3-8H,2,9H2,1H3,(H,16,18)(H,17,19)(H,20,21)/b8-7+. The van der Waals surface area contributed by atoms with Crippen LogP contribution < -0.4 is 15.6 Å². The molecule has 1 aromatic rings. The van der Waals surface area contributed by atoms with Crippen LogP contribution in [0.15, 0.2) is 36.4 Å². The van der Waals surface area contributed by atoms with Gasteiger partial charge in [-0.15, -0.1) is 0 Å². The SMILES string of the molecule is CCOC(=O)c1ccc(OCC(=O)NNC(=O)/C=C/C(=O)O)cc1. The van der Waals surface area contributed by atoms with Gasteiger partial charge in [0.1, 0.15) is 5.75 Å². The largest absolute Gasteiger partial charge is 0.484 e. The third-order valence-electron chi connectivity index (χ3n) is 2.44. The summed E-state index contributed by atoms with van der Waals surface area (Å²) >= 11 is 0. The van der Waals surface area contributed by atoms with Crippen LogP contribution in [0, 0.1) is 0 Å². The zero-order valence-electron chi connectivity index (χ0n) is 12.8. The van der Waals surface area contributed by atoms with E-state index in [0.29, 0.717) is 17.4 Å². The summed E-state index contributed by atoms with van der Waals surface area (Å²) in [5, 5.41) is 8.33. The second kappa shape index (κ2) is 9.62. The van der Waals surface area contributed by atoms with Gasteiger partial charge in [0.05, 0.1) is 12.2 Å². The fraction of sp³-hybridized carbons (Fsp3) is 0.200. The van der Waals surface area contributed by atoms with Gasteiger partial charge in [0.15, 0.2) is 6.61 Å². The third-order valence-corrected chi connectivity index (χ3v) is 2.44. The van der Waals surface area contributed by atoms with E-state index >= 15 is 0 Å². The van der Waals surface area contributed by atoms with Crippen LogP contribution in [0.5, 0.6) is 5.75 Å². The molecule has 0 aliphatic heterocycles. The normalized spacial score (nSPS) is 10.0. The van der Waals surface area contributed by atoms with Crippen molar-refractivity contribution in [2.45, 2.75) is 6.92 Å². The highest BCUT2D eigenvalue weighted by molar-refractivity contribution is 5.94. The first kappa shape index (κ1) is 18.7. The predicted octanol–water partition coefficient (Wildman–Crippen LogP) is 0.0303. The first-order valence-corrected chi connectivity index (χ1v) is 6.82. The summed E-state index contributed by atoms with van der Waals surface area (Å²) in [6.45, 7) is 1.58. The van der Waals surface area contributed by atoms with Gasteiger partial charge in [0.2, 0.25) is 0 Å². The quantitative estimate of drug-likeness (QED) is 0.364. The second-order valence-electron chi connectivity index (χ2n) is 4.24. The maximum Gasteiger partial charge on any atom is 0.338 e. The molecule has 1 rings (SSSR count). The lowest BCUT2D eigenvalue weighted by molar-refractivity contribution is -0.131. The second-order valence-corrected chi connectivity index (χ2v) is 4.24. The molecule has 9 heteroatoms. The molecule has 0 unspecified atom stereocenters. The molecule has 0 saturated heterocycles. The summed E-state index contributed by atoms with van der Waals surface area (Å²) < 4.78 is 9.99. The van der Waals surface area contributed by atoms with E-state index in [4.69, 9.17) is 14.6 Å². The molecule has 1 aromatic carbocycles. The molecule has 9 nitrogen and oxygen atoms in total. The van der Waals surface area contributed by atoms with Crippen LogP contribution in [0.4, 0.5) is 0 Å². The minimum absolute atomic E-state index is 0.268. The summed E-state index contributed by atoms with van der Waals surface area (Å²) in [6.07, 6.45) is 1.38. The van der Waals surface area contributed by atoms with Gasteiger partial charge in [-0.2, -0.15) is 0 Å². The number of carboxylic acids is 1. The maximum absolute atomic E-state index is 11.5. The van der Waals surface area contributed by atoms with E-state index < -0.39 is 23.8 Å². The van der Waals surface area contributed by atoms with Gasteiger partial charge in [-0.1, -0.05) is 0 Å². The van der Waals surface area contributed by atoms with Crippen molar-refractivity contribution in [3.8, 4) is 5.75 Å². The molecular formula is C15H16N2O7. The lowest BCUT2D eigenvalue weighted by Crippen LogP contribution is -2.43. The van der Waals surface area contributed by atoms with Crippen molar-refractivity contribution < 1.29 is 33.8 Å². The topological polar surface area (TPSA) is 131 Å². The Kier molecular flexibility index (Phi) is 7.49. The molecule has 128 valence electrons. The highest BCUT2D eigenvalue weighted by Crippen LogP contribution is 2.12. The Bertz CT molecular complexity index is 638. The summed E-state index contributed by atoms with van der Waals surface area (Å²) in [7, 11) is 0. The number of esters is 1. The molecular weight excluding hydrogens is 320 g/mol. The van der Waals surface area contributed by atoms with Crippen LogP contribution >= 0.6 is 0 Å². The first-order chi connectivity index (χ1) is 11.4. The van der Waals surface area contributed by atoms with Gasteiger partial charge in [-0.3, -0.25) is 20.4 Å². The van der Waals surface area contributed by atoms with Crippen molar-refractivity contribution in [3.05, 3.63) is 42.0 Å². The number of ether oxygens (including phenoxy) is 2. The minimum atomic E-state index is -1.29. The molecule has 0 radical (unpaired) electrons. The fourth-order valence-corrected chi connectivity index (χ4v) is 1.41. The molecule has 0 aromatic heterocycles. The molecule has 0 atom stereocenters. The number of amides is 2. The van der Waals surface area contributed by atoms with E-state index in [0.717, 1.165) is 6.08 Å². The van der Waals surface area contributed by atoms with E-state index in [2.05, 4.69) is 0 Å². The average molecular weight is 336 g/mol. The molecule has 0 fully saturated rings. The Labute approximate surface area is 137 Å². The first-order valence-electron chi connectivity index (χ1n) is 6.82. The highest BCUT2D eigenvalue weighted by atomic mass is 16.5. The van der Waals surface area contributed by atoms with Crippen molar-refractivity contribution in [3.63, 3.8) is 0 Å². The Balaban J connectivity index is 2.38. The average Bonchev–Trinajstić information content (AvgIpc) is 2.56. The van der Waals surface area contributed by atoms with Gasteiger partial charge in [-0.25, -0.2) is 9.59 Å². The Morgan fingerprint density at radius 3 is 2.33 bits per heavy atom. The van der Waals surface area contributed by atoms with Gasteiger partial charge >= 0.3 is 11.9 Å². The maximum atomic E-state index is 11.5. The van der Waals surface area contributed by atoms with Gasteiger partial charge in [0, 0.05) is 12.2 Å². The molecule has 0 aliphatic rings. The number of carbonyl (C=O) groups excluding carboxylic acids is 3. The number of carboxylic acid groups (broad SMARTS) is 1. The van der Waals surface area contributed by atoms with Crippen LogP contribution in [0.3, 0.4) is 0 Å². The lowest BCUT2D eigenvalue weighted by atomic mass is 10.2. The van der Waals surface area contributed by atoms with Crippen molar-refractivity contribution in [1.29, 1.82) is 0 Å². The zero-order valence-corrected chi connectivity index (χ0v) is 12.8. The van der Waals surface area contributed by atoms with E-state index in [-0.39, 0.29) is 13.2 Å². The predicted molar refractivity (Wildman–Crippen MR) is 81.0 cm³/mol. The number of hydrazine groups is 1. The molecule has 2 amide bonds. The molecule has 0 heterocycles. The summed E-state index contributed by atoms with van der Waals surface area (Å²) in [4.78, 5) is 44.2.